The molecular formula is C18H16N4O2S. The SMILES string of the molecule is C[C@H]1CCc2sc3ncn4c(-c5ccc(O)cc5O)nnc4c3c2C1. The van der Waals surface area contributed by atoms with E-state index in [2.05, 4.69) is 22.1 Å². The van der Waals surface area contributed by atoms with Crippen LogP contribution in [-0.2, 0) is 12.8 Å². The molecule has 6 nitrogen and oxygen atoms in total. The Hall–Kier alpha value is -2.67. The second kappa shape index (κ2) is 5.16. The van der Waals surface area contributed by atoms with Gasteiger partial charge < -0.3 is 10.2 Å². The number of phenols is 2. The molecule has 0 amide bonds. The highest BCUT2D eigenvalue weighted by Crippen LogP contribution is 2.39. The Morgan fingerprint density at radius 3 is 2.96 bits per heavy atom. The second-order valence-electron chi connectivity index (χ2n) is 6.70. The zero-order valence-electron chi connectivity index (χ0n) is 13.6. The van der Waals surface area contributed by atoms with E-state index in [0.717, 1.165) is 28.7 Å². The molecule has 0 saturated carbocycles. The zero-order valence-corrected chi connectivity index (χ0v) is 14.4. The Morgan fingerprint density at radius 1 is 1.24 bits per heavy atom. The summed E-state index contributed by atoms with van der Waals surface area (Å²) in [5.41, 5.74) is 2.65. The van der Waals surface area contributed by atoms with Crippen LogP contribution in [0.15, 0.2) is 24.5 Å². The van der Waals surface area contributed by atoms with Crippen molar-refractivity contribution in [3.63, 3.8) is 0 Å². The van der Waals surface area contributed by atoms with Crippen LogP contribution in [0.1, 0.15) is 23.8 Å². The van der Waals surface area contributed by atoms with Crippen molar-refractivity contribution in [1.29, 1.82) is 0 Å². The maximum Gasteiger partial charge on any atom is 0.173 e. The number of aromatic hydroxyl groups is 2. The van der Waals surface area contributed by atoms with E-state index in [1.807, 2.05) is 4.40 Å². The number of rotatable bonds is 1. The molecule has 1 aliphatic carbocycles. The van der Waals surface area contributed by atoms with Crippen LogP contribution in [0.4, 0.5) is 0 Å². The molecule has 0 aliphatic heterocycles. The minimum atomic E-state index is -0.0321. The number of nitrogens with zero attached hydrogens (tertiary/aromatic N) is 4. The standard InChI is InChI=1S/C18H16N4O2S/c1-9-2-5-14-12(6-9)15-17-21-20-16(22(17)8-19-18(15)25-14)11-4-3-10(23)7-13(11)24/h3-4,7-9,23-24H,2,5-6H2,1H3/t9-/m0/s1. The first-order valence-electron chi connectivity index (χ1n) is 8.28. The van der Waals surface area contributed by atoms with Gasteiger partial charge in [0, 0.05) is 10.9 Å². The first-order chi connectivity index (χ1) is 12.1. The molecule has 0 fully saturated rings. The van der Waals surface area contributed by atoms with Gasteiger partial charge in [0.05, 0.1) is 10.9 Å². The van der Waals surface area contributed by atoms with Crippen LogP contribution in [0.5, 0.6) is 11.5 Å². The number of hydrogen-bond acceptors (Lipinski definition) is 6. The van der Waals surface area contributed by atoms with E-state index in [1.54, 1.807) is 23.7 Å². The molecule has 0 unspecified atom stereocenters. The molecular weight excluding hydrogens is 336 g/mol. The fraction of sp³-hybridized carbons (Fsp3) is 0.278. The molecule has 0 bridgehead atoms. The largest absolute Gasteiger partial charge is 0.508 e. The summed E-state index contributed by atoms with van der Waals surface area (Å²) in [6.45, 7) is 2.28. The minimum Gasteiger partial charge on any atom is -0.508 e. The molecule has 25 heavy (non-hydrogen) atoms. The summed E-state index contributed by atoms with van der Waals surface area (Å²) in [4.78, 5) is 7.02. The van der Waals surface area contributed by atoms with Crippen molar-refractivity contribution in [3.05, 3.63) is 35.0 Å². The van der Waals surface area contributed by atoms with Crippen LogP contribution in [-0.4, -0.2) is 29.8 Å². The maximum absolute atomic E-state index is 10.2. The van der Waals surface area contributed by atoms with Crippen molar-refractivity contribution in [2.45, 2.75) is 26.2 Å². The molecule has 3 aromatic heterocycles. The van der Waals surface area contributed by atoms with E-state index >= 15 is 0 Å². The Labute approximate surface area is 147 Å². The van der Waals surface area contributed by atoms with Crippen LogP contribution in [0, 0.1) is 5.92 Å². The topological polar surface area (TPSA) is 83.5 Å². The lowest BCUT2D eigenvalue weighted by Gasteiger charge is -2.17. The molecule has 0 saturated heterocycles. The zero-order chi connectivity index (χ0) is 17.1. The average molecular weight is 352 g/mol. The quantitative estimate of drug-likeness (QED) is 0.547. The Morgan fingerprint density at radius 2 is 2.12 bits per heavy atom. The summed E-state index contributed by atoms with van der Waals surface area (Å²) in [5, 5.41) is 29.4. The van der Waals surface area contributed by atoms with Gasteiger partial charge >= 0.3 is 0 Å². The van der Waals surface area contributed by atoms with Crippen LogP contribution in [0.25, 0.3) is 27.3 Å². The molecule has 5 rings (SSSR count). The van der Waals surface area contributed by atoms with E-state index in [9.17, 15) is 10.2 Å². The lowest BCUT2D eigenvalue weighted by molar-refractivity contribution is 0.451. The lowest BCUT2D eigenvalue weighted by atomic mass is 9.89. The average Bonchev–Trinajstić information content (AvgIpc) is 3.15. The van der Waals surface area contributed by atoms with Crippen molar-refractivity contribution in [2.75, 3.05) is 0 Å². The summed E-state index contributed by atoms with van der Waals surface area (Å²) >= 11 is 1.75. The van der Waals surface area contributed by atoms with E-state index in [-0.39, 0.29) is 11.5 Å². The summed E-state index contributed by atoms with van der Waals surface area (Å²) < 4.78 is 1.82. The van der Waals surface area contributed by atoms with Gasteiger partial charge in [-0.1, -0.05) is 6.92 Å². The highest BCUT2D eigenvalue weighted by Gasteiger charge is 2.24. The van der Waals surface area contributed by atoms with Gasteiger partial charge in [-0.3, -0.25) is 4.40 Å². The van der Waals surface area contributed by atoms with E-state index in [0.29, 0.717) is 17.3 Å². The number of benzene rings is 1. The van der Waals surface area contributed by atoms with Gasteiger partial charge in [0.25, 0.3) is 0 Å². The Balaban J connectivity index is 1.79. The van der Waals surface area contributed by atoms with Crippen LogP contribution < -0.4 is 0 Å². The minimum absolute atomic E-state index is 0.0106. The Bertz CT molecular complexity index is 1130. The molecule has 1 aromatic carbocycles. The molecule has 3 heterocycles. The van der Waals surface area contributed by atoms with E-state index < -0.39 is 0 Å². The molecule has 1 atom stereocenters. The van der Waals surface area contributed by atoms with Crippen LogP contribution in [0.3, 0.4) is 0 Å². The molecule has 0 radical (unpaired) electrons. The van der Waals surface area contributed by atoms with E-state index in [4.69, 9.17) is 0 Å². The highest BCUT2D eigenvalue weighted by molar-refractivity contribution is 7.19. The van der Waals surface area contributed by atoms with Crippen molar-refractivity contribution in [3.8, 4) is 22.9 Å². The first kappa shape index (κ1) is 14.7. The van der Waals surface area contributed by atoms with Crippen LogP contribution in [0.2, 0.25) is 0 Å². The van der Waals surface area contributed by atoms with Gasteiger partial charge in [-0.05, 0) is 42.9 Å². The van der Waals surface area contributed by atoms with Gasteiger partial charge in [-0.2, -0.15) is 0 Å². The molecule has 2 N–H and O–H groups in total. The van der Waals surface area contributed by atoms with Crippen molar-refractivity contribution < 1.29 is 10.2 Å². The van der Waals surface area contributed by atoms with Crippen molar-refractivity contribution in [2.24, 2.45) is 5.92 Å². The number of hydrogen-bond donors (Lipinski definition) is 2. The summed E-state index contributed by atoms with van der Waals surface area (Å²) in [7, 11) is 0. The fourth-order valence-electron chi connectivity index (χ4n) is 3.64. The monoisotopic (exact) mass is 352 g/mol. The van der Waals surface area contributed by atoms with Crippen LogP contribution >= 0.6 is 11.3 Å². The molecule has 7 heteroatoms. The smallest absolute Gasteiger partial charge is 0.173 e. The molecule has 126 valence electrons. The summed E-state index contributed by atoms with van der Waals surface area (Å²) in [6.07, 6.45) is 5.08. The maximum atomic E-state index is 10.2. The fourth-order valence-corrected chi connectivity index (χ4v) is 4.82. The highest BCUT2D eigenvalue weighted by atomic mass is 32.1. The van der Waals surface area contributed by atoms with E-state index in [1.165, 1.54) is 29.0 Å². The third kappa shape index (κ3) is 2.12. The van der Waals surface area contributed by atoms with Crippen molar-refractivity contribution in [1.82, 2.24) is 19.6 Å². The third-order valence-electron chi connectivity index (χ3n) is 4.92. The van der Waals surface area contributed by atoms with Gasteiger partial charge in [-0.15, -0.1) is 21.5 Å². The normalized spacial score (nSPS) is 17.2. The molecule has 1 aliphatic rings. The van der Waals surface area contributed by atoms with Gasteiger partial charge in [-0.25, -0.2) is 4.98 Å². The lowest BCUT2D eigenvalue weighted by Crippen LogP contribution is -2.09. The number of phenolic OH excluding ortho intramolecular Hbond substituents is 2. The van der Waals surface area contributed by atoms with Gasteiger partial charge in [0.15, 0.2) is 11.5 Å². The number of aryl methyl sites for hydroxylation is 1. The number of aromatic nitrogens is 4. The number of thiophene rings is 1. The number of fused-ring (bicyclic) bond motifs is 5. The first-order valence-corrected chi connectivity index (χ1v) is 9.10. The molecule has 4 aromatic rings. The summed E-state index contributed by atoms with van der Waals surface area (Å²) in [5.74, 6) is 1.16. The summed E-state index contributed by atoms with van der Waals surface area (Å²) in [6, 6.07) is 4.46. The second-order valence-corrected chi connectivity index (χ2v) is 7.78. The van der Waals surface area contributed by atoms with Gasteiger partial charge in [0.2, 0.25) is 0 Å². The van der Waals surface area contributed by atoms with Gasteiger partial charge in [0.1, 0.15) is 22.7 Å². The predicted molar refractivity (Wildman–Crippen MR) is 96.1 cm³/mol. The third-order valence-corrected chi connectivity index (χ3v) is 6.12. The van der Waals surface area contributed by atoms with Crippen molar-refractivity contribution >= 4 is 27.2 Å². The molecule has 0 spiro atoms. The Kier molecular flexibility index (Phi) is 3.03. The predicted octanol–water partition coefficient (Wildman–Crippen LogP) is 3.54.